The van der Waals surface area contributed by atoms with Crippen molar-refractivity contribution in [3.05, 3.63) is 53.9 Å². The Labute approximate surface area is 168 Å². The molecule has 4 heterocycles. The van der Waals surface area contributed by atoms with E-state index in [1.165, 1.54) is 4.90 Å². The topological polar surface area (TPSA) is 96.0 Å². The maximum Gasteiger partial charge on any atom is 0.317 e. The van der Waals surface area contributed by atoms with Gasteiger partial charge in [0.25, 0.3) is 5.91 Å². The number of nitrogens with zero attached hydrogens (tertiary/aromatic N) is 5. The first kappa shape index (κ1) is 19.0. The predicted octanol–water partition coefficient (Wildman–Crippen LogP) is 2.11. The quantitative estimate of drug-likeness (QED) is 0.729. The fourth-order valence-corrected chi connectivity index (χ4v) is 3.59. The fourth-order valence-electron chi connectivity index (χ4n) is 3.59. The molecule has 0 aromatic carbocycles. The van der Waals surface area contributed by atoms with Crippen molar-refractivity contribution < 1.29 is 14.0 Å². The van der Waals surface area contributed by atoms with Crippen LogP contribution < -0.4 is 5.32 Å². The summed E-state index contributed by atoms with van der Waals surface area (Å²) in [4.78, 5) is 27.8. The molecule has 152 valence electrons. The van der Waals surface area contributed by atoms with Crippen molar-refractivity contribution in [3.63, 3.8) is 0 Å². The Balaban J connectivity index is 1.37. The summed E-state index contributed by atoms with van der Waals surface area (Å²) in [6.45, 7) is 1.51. The lowest BCUT2D eigenvalue weighted by Crippen LogP contribution is -2.45. The van der Waals surface area contributed by atoms with Crippen LogP contribution in [0.1, 0.15) is 40.9 Å². The molecule has 0 saturated carbocycles. The molecule has 1 atom stereocenters. The molecule has 9 heteroatoms. The van der Waals surface area contributed by atoms with Crippen LogP contribution in [0.3, 0.4) is 0 Å². The first-order valence-corrected chi connectivity index (χ1v) is 9.65. The number of pyridine rings is 1. The molecule has 3 aromatic heterocycles. The van der Waals surface area contributed by atoms with E-state index in [0.717, 1.165) is 24.3 Å². The number of urea groups is 1. The number of piperidine rings is 1. The summed E-state index contributed by atoms with van der Waals surface area (Å²) in [6.07, 6.45) is 3.82. The molecular formula is C20H24N6O3. The Bertz CT molecular complexity index is 1020. The summed E-state index contributed by atoms with van der Waals surface area (Å²) in [5.74, 6) is 1.62. The summed E-state index contributed by atoms with van der Waals surface area (Å²) in [5, 5.41) is 11.4. The number of hydrogen-bond donors (Lipinski definition) is 1. The van der Waals surface area contributed by atoms with E-state index in [0.29, 0.717) is 18.8 Å². The Morgan fingerprint density at radius 1 is 1.24 bits per heavy atom. The van der Waals surface area contributed by atoms with Crippen LogP contribution in [0.4, 0.5) is 4.79 Å². The predicted molar refractivity (Wildman–Crippen MR) is 105 cm³/mol. The third-order valence-corrected chi connectivity index (χ3v) is 5.11. The van der Waals surface area contributed by atoms with Crippen LogP contribution in [0, 0.1) is 0 Å². The van der Waals surface area contributed by atoms with Crippen LogP contribution >= 0.6 is 0 Å². The van der Waals surface area contributed by atoms with E-state index in [-0.39, 0.29) is 30.2 Å². The molecule has 0 bridgehead atoms. The lowest BCUT2D eigenvalue weighted by atomic mass is 9.97. The Hall–Kier alpha value is -3.36. The third-order valence-electron chi connectivity index (χ3n) is 5.11. The number of hydrogen-bond acceptors (Lipinski definition) is 5. The molecule has 0 unspecified atom stereocenters. The molecule has 1 saturated heterocycles. The van der Waals surface area contributed by atoms with Crippen molar-refractivity contribution in [3.8, 4) is 0 Å². The second-order valence-electron chi connectivity index (χ2n) is 7.40. The third kappa shape index (κ3) is 3.94. The van der Waals surface area contributed by atoms with Gasteiger partial charge in [-0.25, -0.2) is 4.79 Å². The molecular weight excluding hydrogens is 372 g/mol. The lowest BCUT2D eigenvalue weighted by molar-refractivity contribution is 0.0794. The van der Waals surface area contributed by atoms with Gasteiger partial charge in [0, 0.05) is 39.3 Å². The van der Waals surface area contributed by atoms with E-state index < -0.39 is 0 Å². The van der Waals surface area contributed by atoms with Crippen LogP contribution in [-0.2, 0) is 6.54 Å². The van der Waals surface area contributed by atoms with E-state index in [2.05, 4.69) is 15.5 Å². The van der Waals surface area contributed by atoms with Crippen LogP contribution in [0.25, 0.3) is 5.65 Å². The lowest BCUT2D eigenvalue weighted by Gasteiger charge is -2.31. The number of fused-ring (bicyclic) bond motifs is 1. The number of rotatable bonds is 4. The molecule has 0 spiro atoms. The minimum absolute atomic E-state index is 0.139. The van der Waals surface area contributed by atoms with Gasteiger partial charge in [-0.2, -0.15) is 0 Å². The standard InChI is InChI=1S/C20H24N6O3/c1-24(2)19(27)16-9-8-15(29-16)12-21-20(28)25-10-5-6-14(13-25)18-23-22-17-7-3-4-11-26(17)18/h3-4,7-9,11,14H,5-6,10,12-13H2,1-2H3,(H,21,28)/t14-/m1/s1. The van der Waals surface area contributed by atoms with Gasteiger partial charge in [0.1, 0.15) is 11.6 Å². The van der Waals surface area contributed by atoms with Gasteiger partial charge in [-0.15, -0.1) is 10.2 Å². The molecule has 4 rings (SSSR count). The minimum Gasteiger partial charge on any atom is -0.454 e. The van der Waals surface area contributed by atoms with Gasteiger partial charge >= 0.3 is 6.03 Å². The Morgan fingerprint density at radius 2 is 2.10 bits per heavy atom. The van der Waals surface area contributed by atoms with Gasteiger partial charge in [0.2, 0.25) is 0 Å². The van der Waals surface area contributed by atoms with E-state index in [1.807, 2.05) is 28.8 Å². The molecule has 1 fully saturated rings. The molecule has 3 aromatic rings. The Morgan fingerprint density at radius 3 is 2.93 bits per heavy atom. The van der Waals surface area contributed by atoms with Crippen molar-refractivity contribution in [2.24, 2.45) is 0 Å². The van der Waals surface area contributed by atoms with Gasteiger partial charge in [-0.3, -0.25) is 9.20 Å². The largest absolute Gasteiger partial charge is 0.454 e. The van der Waals surface area contributed by atoms with Crippen molar-refractivity contribution in [1.82, 2.24) is 29.7 Å². The van der Waals surface area contributed by atoms with E-state index in [1.54, 1.807) is 31.1 Å². The first-order chi connectivity index (χ1) is 14.0. The van der Waals surface area contributed by atoms with Crippen LogP contribution in [0.2, 0.25) is 0 Å². The molecule has 9 nitrogen and oxygen atoms in total. The van der Waals surface area contributed by atoms with E-state index >= 15 is 0 Å². The summed E-state index contributed by atoms with van der Waals surface area (Å²) in [5.41, 5.74) is 0.810. The van der Waals surface area contributed by atoms with E-state index in [4.69, 9.17) is 4.42 Å². The normalized spacial score (nSPS) is 16.8. The molecule has 1 aliphatic heterocycles. The molecule has 0 radical (unpaired) electrons. The Kier molecular flexibility index (Phi) is 5.20. The maximum absolute atomic E-state index is 12.7. The zero-order valence-electron chi connectivity index (χ0n) is 16.5. The average molecular weight is 396 g/mol. The highest BCUT2D eigenvalue weighted by Crippen LogP contribution is 2.26. The molecule has 1 N–H and O–H groups in total. The molecule has 0 aliphatic carbocycles. The van der Waals surface area contributed by atoms with Gasteiger partial charge in [-0.1, -0.05) is 6.07 Å². The summed E-state index contributed by atoms with van der Waals surface area (Å²) in [7, 11) is 3.33. The molecule has 29 heavy (non-hydrogen) atoms. The number of nitrogens with one attached hydrogen (secondary N) is 1. The smallest absolute Gasteiger partial charge is 0.317 e. The molecule has 1 aliphatic rings. The fraction of sp³-hybridized carbons (Fsp3) is 0.400. The summed E-state index contributed by atoms with van der Waals surface area (Å²) < 4.78 is 7.51. The number of amides is 3. The zero-order chi connectivity index (χ0) is 20.4. The van der Waals surface area contributed by atoms with Crippen molar-refractivity contribution >= 4 is 17.6 Å². The SMILES string of the molecule is CN(C)C(=O)c1ccc(CNC(=O)N2CCC[C@@H](c3nnc4ccccn34)C2)o1. The minimum atomic E-state index is -0.206. The van der Waals surface area contributed by atoms with Crippen LogP contribution in [0.15, 0.2) is 40.9 Å². The second-order valence-corrected chi connectivity index (χ2v) is 7.40. The van der Waals surface area contributed by atoms with E-state index in [9.17, 15) is 9.59 Å². The summed E-state index contributed by atoms with van der Waals surface area (Å²) in [6, 6.07) is 8.98. The summed E-state index contributed by atoms with van der Waals surface area (Å²) >= 11 is 0. The van der Waals surface area contributed by atoms with Crippen molar-refractivity contribution in [2.75, 3.05) is 27.2 Å². The molecule has 3 amide bonds. The van der Waals surface area contributed by atoms with Gasteiger partial charge in [0.15, 0.2) is 11.4 Å². The van der Waals surface area contributed by atoms with Crippen LogP contribution in [0.5, 0.6) is 0 Å². The highest BCUT2D eigenvalue weighted by Gasteiger charge is 2.28. The van der Waals surface area contributed by atoms with Gasteiger partial charge in [0.05, 0.1) is 6.54 Å². The van der Waals surface area contributed by atoms with Crippen LogP contribution in [-0.4, -0.2) is 63.5 Å². The average Bonchev–Trinajstić information content (AvgIpc) is 3.38. The monoisotopic (exact) mass is 396 g/mol. The van der Waals surface area contributed by atoms with Crippen molar-refractivity contribution in [2.45, 2.75) is 25.3 Å². The first-order valence-electron chi connectivity index (χ1n) is 9.65. The second kappa shape index (κ2) is 7.94. The number of aromatic nitrogens is 3. The maximum atomic E-state index is 12.7. The van der Waals surface area contributed by atoms with Gasteiger partial charge in [-0.05, 0) is 37.1 Å². The highest BCUT2D eigenvalue weighted by atomic mass is 16.4. The number of furan rings is 1. The van der Waals surface area contributed by atoms with Gasteiger partial charge < -0.3 is 19.5 Å². The number of carbonyl (C=O) groups excluding carboxylic acids is 2. The zero-order valence-corrected chi connectivity index (χ0v) is 16.5. The highest BCUT2D eigenvalue weighted by molar-refractivity contribution is 5.91. The number of carbonyl (C=O) groups is 2. The number of likely N-dealkylation sites (tertiary alicyclic amines) is 1. The van der Waals surface area contributed by atoms with Crippen molar-refractivity contribution in [1.29, 1.82) is 0 Å².